The molecule has 0 spiro atoms. The molecule has 4 nitrogen and oxygen atoms in total. The molecule has 1 aromatic carbocycles. The van der Waals surface area contributed by atoms with Crippen molar-refractivity contribution in [1.29, 1.82) is 0 Å². The molecule has 0 atom stereocenters. The molecule has 0 bridgehead atoms. The molecule has 0 fully saturated rings. The summed E-state index contributed by atoms with van der Waals surface area (Å²) in [5, 5.41) is 3.46. The summed E-state index contributed by atoms with van der Waals surface area (Å²) in [4.78, 5) is 15.1. The van der Waals surface area contributed by atoms with Crippen LogP contribution in [0.15, 0.2) is 36.5 Å². The number of nitrogens with two attached hydrogens (primary N) is 1. The maximum Gasteiger partial charge on any atom is 0.252 e. The third kappa shape index (κ3) is 3.45. The first kappa shape index (κ1) is 13.4. The number of aryl methyl sites for hydroxylation is 1. The smallest absolute Gasteiger partial charge is 0.252 e. The number of anilines is 1. The molecule has 2 rings (SSSR count). The molecule has 0 aliphatic carbocycles. The van der Waals surface area contributed by atoms with E-state index in [1.165, 1.54) is 11.8 Å². The number of benzene rings is 1. The Morgan fingerprint density at radius 1 is 1.37 bits per heavy atom. The largest absolute Gasteiger partial charge is 0.380 e. The Balaban J connectivity index is 2.16. The van der Waals surface area contributed by atoms with Crippen LogP contribution in [0, 0.1) is 6.92 Å². The van der Waals surface area contributed by atoms with Gasteiger partial charge in [-0.3, -0.25) is 4.79 Å². The summed E-state index contributed by atoms with van der Waals surface area (Å²) in [6, 6.07) is 9.71. The van der Waals surface area contributed by atoms with E-state index in [9.17, 15) is 4.79 Å². The molecule has 1 amide bonds. The highest BCUT2D eigenvalue weighted by atomic mass is 35.5. The molecule has 0 unspecified atom stereocenters. The van der Waals surface area contributed by atoms with Gasteiger partial charge < -0.3 is 11.1 Å². The molecule has 0 aliphatic rings. The first-order chi connectivity index (χ1) is 9.06. The van der Waals surface area contributed by atoms with Crippen molar-refractivity contribution in [2.75, 3.05) is 5.32 Å². The Morgan fingerprint density at radius 2 is 2.05 bits per heavy atom. The van der Waals surface area contributed by atoms with Crippen molar-refractivity contribution < 1.29 is 4.79 Å². The van der Waals surface area contributed by atoms with Gasteiger partial charge in [0.25, 0.3) is 5.91 Å². The minimum absolute atomic E-state index is 0.316. The molecule has 0 saturated carbocycles. The predicted octanol–water partition coefficient (Wildman–Crippen LogP) is 2.75. The predicted molar refractivity (Wildman–Crippen MR) is 76.3 cm³/mol. The topological polar surface area (TPSA) is 68.0 Å². The molecule has 3 N–H and O–H groups in total. The summed E-state index contributed by atoms with van der Waals surface area (Å²) in [5.74, 6) is -0.532. The molecule has 1 heterocycles. The number of carbonyl (C=O) groups is 1. The van der Waals surface area contributed by atoms with E-state index in [1.54, 1.807) is 6.07 Å². The van der Waals surface area contributed by atoms with Gasteiger partial charge in [-0.15, -0.1) is 0 Å². The lowest BCUT2D eigenvalue weighted by Gasteiger charge is -2.10. The van der Waals surface area contributed by atoms with E-state index < -0.39 is 5.91 Å². The van der Waals surface area contributed by atoms with Crippen LogP contribution >= 0.6 is 11.6 Å². The van der Waals surface area contributed by atoms with E-state index in [1.807, 2.05) is 31.2 Å². The van der Waals surface area contributed by atoms with Crippen LogP contribution in [0.25, 0.3) is 0 Å². The van der Waals surface area contributed by atoms with Gasteiger partial charge in [-0.1, -0.05) is 41.4 Å². The second-order valence-corrected chi connectivity index (χ2v) is 4.64. The van der Waals surface area contributed by atoms with Crippen molar-refractivity contribution in [3.05, 3.63) is 58.4 Å². The lowest BCUT2D eigenvalue weighted by Crippen LogP contribution is -2.15. The number of nitrogens with one attached hydrogen (secondary N) is 1. The highest BCUT2D eigenvalue weighted by Gasteiger charge is 2.09. The third-order valence-electron chi connectivity index (χ3n) is 2.74. The van der Waals surface area contributed by atoms with Crippen molar-refractivity contribution >= 4 is 23.2 Å². The average molecular weight is 276 g/mol. The third-order valence-corrected chi connectivity index (χ3v) is 2.95. The van der Waals surface area contributed by atoms with Gasteiger partial charge >= 0.3 is 0 Å². The fourth-order valence-electron chi connectivity index (χ4n) is 1.68. The summed E-state index contributed by atoms with van der Waals surface area (Å²) in [6.07, 6.45) is 1.38. The van der Waals surface area contributed by atoms with Gasteiger partial charge in [0.05, 0.1) is 11.3 Å². The zero-order valence-corrected chi connectivity index (χ0v) is 11.2. The molecule has 1 aromatic heterocycles. The van der Waals surface area contributed by atoms with Gasteiger partial charge in [0.15, 0.2) is 0 Å². The summed E-state index contributed by atoms with van der Waals surface area (Å²) in [7, 11) is 0. The number of nitrogens with zero attached hydrogens (tertiary/aromatic N) is 1. The number of primary amides is 1. The van der Waals surface area contributed by atoms with Crippen LogP contribution in [-0.4, -0.2) is 10.9 Å². The highest BCUT2D eigenvalue weighted by molar-refractivity contribution is 6.29. The van der Waals surface area contributed by atoms with Gasteiger partial charge in [-0.2, -0.15) is 0 Å². The first-order valence-corrected chi connectivity index (χ1v) is 6.19. The molecular formula is C14H14ClN3O. The summed E-state index contributed by atoms with van der Waals surface area (Å²) in [5.41, 5.74) is 8.52. The summed E-state index contributed by atoms with van der Waals surface area (Å²) in [6.45, 7) is 2.62. The van der Waals surface area contributed by atoms with Gasteiger partial charge in [-0.05, 0) is 18.6 Å². The molecular weight excluding hydrogens is 262 g/mol. The zero-order valence-electron chi connectivity index (χ0n) is 10.5. The van der Waals surface area contributed by atoms with Gasteiger partial charge in [0, 0.05) is 12.7 Å². The number of pyridine rings is 1. The summed E-state index contributed by atoms with van der Waals surface area (Å²) < 4.78 is 0. The Hall–Kier alpha value is -2.07. The maximum atomic E-state index is 11.3. The van der Waals surface area contributed by atoms with Crippen molar-refractivity contribution in [1.82, 2.24) is 4.98 Å². The Kier molecular flexibility index (Phi) is 4.02. The van der Waals surface area contributed by atoms with Crippen molar-refractivity contribution in [3.63, 3.8) is 0 Å². The number of aromatic nitrogens is 1. The van der Waals surface area contributed by atoms with Crippen LogP contribution < -0.4 is 11.1 Å². The average Bonchev–Trinajstić information content (AvgIpc) is 2.38. The molecule has 0 aliphatic heterocycles. The van der Waals surface area contributed by atoms with E-state index in [0.717, 1.165) is 5.56 Å². The number of hydrogen-bond acceptors (Lipinski definition) is 3. The van der Waals surface area contributed by atoms with Crippen molar-refractivity contribution in [2.24, 2.45) is 5.73 Å². The lowest BCUT2D eigenvalue weighted by atomic mass is 10.1. The Morgan fingerprint density at radius 3 is 2.68 bits per heavy atom. The zero-order chi connectivity index (χ0) is 13.8. The SMILES string of the molecule is Cc1ccc(CNc2cc(Cl)ncc2C(N)=O)cc1. The number of rotatable bonds is 4. The standard InChI is InChI=1S/C14H14ClN3O/c1-9-2-4-10(5-3-9)7-17-12-6-13(15)18-8-11(12)14(16)19/h2-6,8H,7H2,1H3,(H2,16,19)(H,17,18). The fraction of sp³-hybridized carbons (Fsp3) is 0.143. The van der Waals surface area contributed by atoms with Crippen molar-refractivity contribution in [2.45, 2.75) is 13.5 Å². The molecule has 0 saturated heterocycles. The van der Waals surface area contributed by atoms with E-state index >= 15 is 0 Å². The second kappa shape index (κ2) is 5.71. The molecule has 19 heavy (non-hydrogen) atoms. The van der Waals surface area contributed by atoms with Gasteiger partial charge in [-0.25, -0.2) is 4.98 Å². The van der Waals surface area contributed by atoms with Crippen LogP contribution in [0.4, 0.5) is 5.69 Å². The molecule has 2 aromatic rings. The van der Waals surface area contributed by atoms with Crippen LogP contribution in [0.3, 0.4) is 0 Å². The monoisotopic (exact) mass is 275 g/mol. The summed E-state index contributed by atoms with van der Waals surface area (Å²) >= 11 is 5.82. The Labute approximate surface area is 116 Å². The van der Waals surface area contributed by atoms with Crippen LogP contribution in [-0.2, 0) is 6.54 Å². The minimum atomic E-state index is -0.532. The maximum absolute atomic E-state index is 11.3. The molecule has 98 valence electrons. The van der Waals surface area contributed by atoms with E-state index in [4.69, 9.17) is 17.3 Å². The normalized spacial score (nSPS) is 10.2. The molecule has 0 radical (unpaired) electrons. The number of hydrogen-bond donors (Lipinski definition) is 2. The van der Waals surface area contributed by atoms with Crippen LogP contribution in [0.2, 0.25) is 5.15 Å². The van der Waals surface area contributed by atoms with Crippen molar-refractivity contribution in [3.8, 4) is 0 Å². The van der Waals surface area contributed by atoms with Gasteiger partial charge in [0.2, 0.25) is 0 Å². The highest BCUT2D eigenvalue weighted by Crippen LogP contribution is 2.19. The fourth-order valence-corrected chi connectivity index (χ4v) is 1.83. The minimum Gasteiger partial charge on any atom is -0.380 e. The quantitative estimate of drug-likeness (QED) is 0.843. The lowest BCUT2D eigenvalue weighted by molar-refractivity contribution is 0.100. The first-order valence-electron chi connectivity index (χ1n) is 5.81. The van der Waals surface area contributed by atoms with Crippen LogP contribution in [0.5, 0.6) is 0 Å². The Bertz CT molecular complexity index is 596. The number of halogens is 1. The van der Waals surface area contributed by atoms with E-state index in [-0.39, 0.29) is 0 Å². The van der Waals surface area contributed by atoms with Crippen LogP contribution in [0.1, 0.15) is 21.5 Å². The van der Waals surface area contributed by atoms with E-state index in [0.29, 0.717) is 22.9 Å². The second-order valence-electron chi connectivity index (χ2n) is 4.26. The number of amides is 1. The van der Waals surface area contributed by atoms with Gasteiger partial charge in [0.1, 0.15) is 5.15 Å². The number of carbonyl (C=O) groups excluding carboxylic acids is 1. The van der Waals surface area contributed by atoms with E-state index in [2.05, 4.69) is 10.3 Å². The molecule has 5 heteroatoms.